The Morgan fingerprint density at radius 2 is 1.46 bits per heavy atom. The lowest BCUT2D eigenvalue weighted by molar-refractivity contribution is 0.234. The van der Waals surface area contributed by atoms with Crippen LogP contribution in [0.3, 0.4) is 0 Å². The van der Waals surface area contributed by atoms with Crippen molar-refractivity contribution in [2.24, 2.45) is 0 Å². The van der Waals surface area contributed by atoms with Crippen molar-refractivity contribution in [2.45, 2.75) is 39.4 Å². The van der Waals surface area contributed by atoms with E-state index >= 15 is 0 Å². The molecule has 0 aliphatic carbocycles. The maximum atomic E-state index is 6.04. The smallest absolute Gasteiger partial charge is 0.142 e. The number of rotatable bonds is 9. The lowest BCUT2D eigenvalue weighted by Crippen LogP contribution is -2.22. The van der Waals surface area contributed by atoms with Gasteiger partial charge in [0.15, 0.2) is 0 Å². The Labute approximate surface area is 168 Å². The standard InChI is InChI=1S/C25H29NO2/c1-19(2)22-13-15-23(16-14-22)28-20(3)17-26-24-11-7-8-12-25(24)27-18-21-9-5-4-6-10-21/h4-16,19-20,26H,17-18H2,1-3H3. The number of para-hydroxylation sites is 2. The molecule has 0 aliphatic heterocycles. The highest BCUT2D eigenvalue weighted by atomic mass is 16.5. The molecule has 3 heteroatoms. The number of ether oxygens (including phenoxy) is 2. The van der Waals surface area contributed by atoms with Crippen LogP contribution in [0.25, 0.3) is 0 Å². The summed E-state index contributed by atoms with van der Waals surface area (Å²) in [4.78, 5) is 0. The third kappa shape index (κ3) is 5.78. The van der Waals surface area contributed by atoms with E-state index in [0.29, 0.717) is 19.1 Å². The highest BCUT2D eigenvalue weighted by Gasteiger charge is 2.08. The predicted molar refractivity (Wildman–Crippen MR) is 116 cm³/mol. The van der Waals surface area contributed by atoms with E-state index in [4.69, 9.17) is 9.47 Å². The van der Waals surface area contributed by atoms with Crippen LogP contribution in [0.2, 0.25) is 0 Å². The average molecular weight is 376 g/mol. The Morgan fingerprint density at radius 3 is 2.18 bits per heavy atom. The Kier molecular flexibility index (Phi) is 6.96. The van der Waals surface area contributed by atoms with Crippen LogP contribution in [-0.2, 0) is 6.61 Å². The van der Waals surface area contributed by atoms with Crippen LogP contribution >= 0.6 is 0 Å². The fraction of sp³-hybridized carbons (Fsp3) is 0.280. The lowest BCUT2D eigenvalue weighted by Gasteiger charge is -2.18. The van der Waals surface area contributed by atoms with Gasteiger partial charge in [-0.15, -0.1) is 0 Å². The highest BCUT2D eigenvalue weighted by Crippen LogP contribution is 2.25. The molecule has 146 valence electrons. The van der Waals surface area contributed by atoms with E-state index in [1.807, 2.05) is 54.6 Å². The zero-order valence-electron chi connectivity index (χ0n) is 16.9. The molecule has 3 rings (SSSR count). The van der Waals surface area contributed by atoms with E-state index < -0.39 is 0 Å². The van der Waals surface area contributed by atoms with Gasteiger partial charge in [-0.05, 0) is 48.2 Å². The van der Waals surface area contributed by atoms with Crippen LogP contribution in [0.1, 0.15) is 37.8 Å². The second-order valence-corrected chi connectivity index (χ2v) is 7.30. The van der Waals surface area contributed by atoms with Crippen molar-refractivity contribution >= 4 is 5.69 Å². The Bertz CT molecular complexity index is 844. The lowest BCUT2D eigenvalue weighted by atomic mass is 10.0. The summed E-state index contributed by atoms with van der Waals surface area (Å²) in [5.41, 5.74) is 3.45. The third-order valence-corrected chi connectivity index (χ3v) is 4.59. The number of hydrogen-bond acceptors (Lipinski definition) is 3. The zero-order chi connectivity index (χ0) is 19.8. The molecule has 3 nitrogen and oxygen atoms in total. The molecule has 0 amide bonds. The van der Waals surface area contributed by atoms with Crippen LogP contribution in [0, 0.1) is 0 Å². The quantitative estimate of drug-likeness (QED) is 0.478. The summed E-state index contributed by atoms with van der Waals surface area (Å²) < 4.78 is 12.0. The minimum Gasteiger partial charge on any atom is -0.489 e. The zero-order valence-corrected chi connectivity index (χ0v) is 16.9. The van der Waals surface area contributed by atoms with Crippen LogP contribution in [0.5, 0.6) is 11.5 Å². The fourth-order valence-corrected chi connectivity index (χ4v) is 2.93. The summed E-state index contributed by atoms with van der Waals surface area (Å²) in [6.07, 6.45) is 0.0343. The molecule has 3 aromatic carbocycles. The Morgan fingerprint density at radius 1 is 0.786 bits per heavy atom. The molecular formula is C25H29NO2. The monoisotopic (exact) mass is 375 g/mol. The van der Waals surface area contributed by atoms with Gasteiger partial charge in [-0.3, -0.25) is 0 Å². The number of anilines is 1. The molecule has 0 heterocycles. The van der Waals surface area contributed by atoms with Crippen molar-refractivity contribution < 1.29 is 9.47 Å². The van der Waals surface area contributed by atoms with Crippen LogP contribution < -0.4 is 14.8 Å². The molecule has 0 bridgehead atoms. The van der Waals surface area contributed by atoms with Gasteiger partial charge in [0.25, 0.3) is 0 Å². The molecule has 28 heavy (non-hydrogen) atoms. The second-order valence-electron chi connectivity index (χ2n) is 7.30. The van der Waals surface area contributed by atoms with Gasteiger partial charge in [-0.2, -0.15) is 0 Å². The first-order valence-electron chi connectivity index (χ1n) is 9.88. The molecule has 1 N–H and O–H groups in total. The van der Waals surface area contributed by atoms with Crippen molar-refractivity contribution in [3.63, 3.8) is 0 Å². The van der Waals surface area contributed by atoms with Crippen molar-refractivity contribution in [1.82, 2.24) is 0 Å². The Balaban J connectivity index is 1.53. The van der Waals surface area contributed by atoms with E-state index in [9.17, 15) is 0 Å². The Hall–Kier alpha value is -2.94. The third-order valence-electron chi connectivity index (χ3n) is 4.59. The summed E-state index contributed by atoms with van der Waals surface area (Å²) in [7, 11) is 0. The molecule has 0 saturated carbocycles. The topological polar surface area (TPSA) is 30.5 Å². The summed E-state index contributed by atoms with van der Waals surface area (Å²) in [5.74, 6) is 2.27. The van der Waals surface area contributed by atoms with Crippen molar-refractivity contribution in [3.8, 4) is 11.5 Å². The second kappa shape index (κ2) is 9.84. The predicted octanol–water partition coefficient (Wildman–Crippen LogP) is 6.27. The van der Waals surface area contributed by atoms with Crippen molar-refractivity contribution in [2.75, 3.05) is 11.9 Å². The molecular weight excluding hydrogens is 346 g/mol. The fourth-order valence-electron chi connectivity index (χ4n) is 2.93. The maximum absolute atomic E-state index is 6.04. The minimum atomic E-state index is 0.0343. The summed E-state index contributed by atoms with van der Waals surface area (Å²) in [6, 6.07) is 26.6. The van der Waals surface area contributed by atoms with Gasteiger partial charge >= 0.3 is 0 Å². The van der Waals surface area contributed by atoms with Gasteiger partial charge in [-0.25, -0.2) is 0 Å². The summed E-state index contributed by atoms with van der Waals surface area (Å²) in [6.45, 7) is 7.70. The molecule has 0 saturated heterocycles. The van der Waals surface area contributed by atoms with Crippen molar-refractivity contribution in [1.29, 1.82) is 0 Å². The van der Waals surface area contributed by atoms with E-state index in [1.165, 1.54) is 5.56 Å². The van der Waals surface area contributed by atoms with Crippen molar-refractivity contribution in [3.05, 3.63) is 90.0 Å². The van der Waals surface area contributed by atoms with E-state index in [-0.39, 0.29) is 6.10 Å². The van der Waals surface area contributed by atoms with Gasteiger partial charge in [0.05, 0.1) is 12.2 Å². The van der Waals surface area contributed by atoms with E-state index in [1.54, 1.807) is 0 Å². The highest BCUT2D eigenvalue weighted by molar-refractivity contribution is 5.56. The maximum Gasteiger partial charge on any atom is 0.142 e. The number of benzene rings is 3. The molecule has 3 aromatic rings. The van der Waals surface area contributed by atoms with Crippen LogP contribution in [0.4, 0.5) is 5.69 Å². The molecule has 0 radical (unpaired) electrons. The number of hydrogen-bond donors (Lipinski definition) is 1. The van der Waals surface area contributed by atoms with Gasteiger partial charge in [-0.1, -0.05) is 68.4 Å². The first kappa shape index (κ1) is 19.8. The van der Waals surface area contributed by atoms with E-state index in [2.05, 4.69) is 50.4 Å². The number of nitrogens with one attached hydrogen (secondary N) is 1. The summed E-state index contributed by atoms with van der Waals surface area (Å²) >= 11 is 0. The van der Waals surface area contributed by atoms with Crippen LogP contribution in [-0.4, -0.2) is 12.6 Å². The first-order chi connectivity index (χ1) is 13.6. The van der Waals surface area contributed by atoms with Gasteiger partial charge in [0, 0.05) is 0 Å². The molecule has 1 unspecified atom stereocenters. The van der Waals surface area contributed by atoms with Gasteiger partial charge in [0.1, 0.15) is 24.2 Å². The normalized spacial score (nSPS) is 11.9. The minimum absolute atomic E-state index is 0.0343. The van der Waals surface area contributed by atoms with Gasteiger partial charge in [0.2, 0.25) is 0 Å². The molecule has 0 aliphatic rings. The first-order valence-corrected chi connectivity index (χ1v) is 9.88. The molecule has 0 aromatic heterocycles. The largest absolute Gasteiger partial charge is 0.489 e. The van der Waals surface area contributed by atoms with E-state index in [0.717, 1.165) is 22.7 Å². The SMILES string of the molecule is CC(CNc1ccccc1OCc1ccccc1)Oc1ccc(C(C)C)cc1. The molecule has 0 fully saturated rings. The molecule has 0 spiro atoms. The van der Waals surface area contributed by atoms with Crippen LogP contribution in [0.15, 0.2) is 78.9 Å². The van der Waals surface area contributed by atoms with Gasteiger partial charge < -0.3 is 14.8 Å². The summed E-state index contributed by atoms with van der Waals surface area (Å²) in [5, 5.41) is 3.45. The molecule has 1 atom stereocenters. The average Bonchev–Trinajstić information content (AvgIpc) is 2.72.